The zero-order valence-electron chi connectivity index (χ0n) is 11.6. The first-order valence-corrected chi connectivity index (χ1v) is 7.55. The summed E-state index contributed by atoms with van der Waals surface area (Å²) < 4.78 is 4.97. The van der Waals surface area contributed by atoms with Crippen molar-refractivity contribution in [2.75, 3.05) is 11.9 Å². The van der Waals surface area contributed by atoms with Crippen LogP contribution in [0, 0.1) is 6.92 Å². The summed E-state index contributed by atoms with van der Waals surface area (Å²) in [5.74, 6) is -0.641. The molecule has 0 fully saturated rings. The maximum atomic E-state index is 12.1. The predicted molar refractivity (Wildman–Crippen MR) is 84.4 cm³/mol. The average molecular weight is 324 g/mol. The quantitative estimate of drug-likeness (QED) is 0.860. The molecule has 0 saturated heterocycles. The van der Waals surface area contributed by atoms with Crippen LogP contribution in [0.2, 0.25) is 5.02 Å². The van der Waals surface area contributed by atoms with Gasteiger partial charge in [-0.15, -0.1) is 11.3 Å². The highest BCUT2D eigenvalue weighted by atomic mass is 35.5. The monoisotopic (exact) mass is 323 g/mol. The maximum absolute atomic E-state index is 12.1. The molecule has 0 spiro atoms. The van der Waals surface area contributed by atoms with Crippen LogP contribution in [0.15, 0.2) is 30.3 Å². The van der Waals surface area contributed by atoms with Crippen LogP contribution in [0.1, 0.15) is 32.5 Å². The average Bonchev–Trinajstić information content (AvgIpc) is 2.80. The van der Waals surface area contributed by atoms with Crippen LogP contribution >= 0.6 is 22.9 Å². The maximum Gasteiger partial charge on any atom is 0.348 e. The molecule has 2 rings (SSSR count). The van der Waals surface area contributed by atoms with Gasteiger partial charge in [-0.1, -0.05) is 17.7 Å². The van der Waals surface area contributed by atoms with Gasteiger partial charge in [0.05, 0.1) is 11.6 Å². The van der Waals surface area contributed by atoms with Crippen molar-refractivity contribution in [2.24, 2.45) is 0 Å². The summed E-state index contributed by atoms with van der Waals surface area (Å²) in [4.78, 5) is 24.3. The van der Waals surface area contributed by atoms with E-state index in [1.54, 1.807) is 44.2 Å². The molecule has 6 heteroatoms. The zero-order valence-corrected chi connectivity index (χ0v) is 13.2. The number of aryl methyl sites for hydroxylation is 1. The van der Waals surface area contributed by atoms with E-state index in [1.165, 1.54) is 11.3 Å². The van der Waals surface area contributed by atoms with Gasteiger partial charge in [-0.3, -0.25) is 4.79 Å². The summed E-state index contributed by atoms with van der Waals surface area (Å²) in [5.41, 5.74) is 1.24. The fraction of sp³-hybridized carbons (Fsp3) is 0.200. The number of carbonyl (C=O) groups excluding carboxylic acids is 2. The summed E-state index contributed by atoms with van der Waals surface area (Å²) in [5, 5.41) is 3.85. The summed E-state index contributed by atoms with van der Waals surface area (Å²) in [6, 6.07) is 8.42. The van der Waals surface area contributed by atoms with E-state index in [0.717, 1.165) is 5.56 Å². The van der Waals surface area contributed by atoms with Crippen molar-refractivity contribution in [3.05, 3.63) is 51.4 Å². The van der Waals surface area contributed by atoms with Gasteiger partial charge < -0.3 is 10.1 Å². The molecule has 1 amide bonds. The molecule has 21 heavy (non-hydrogen) atoms. The first kappa shape index (κ1) is 15.5. The van der Waals surface area contributed by atoms with E-state index in [-0.39, 0.29) is 11.9 Å². The second-order valence-electron chi connectivity index (χ2n) is 4.31. The van der Waals surface area contributed by atoms with E-state index >= 15 is 0 Å². The molecule has 1 heterocycles. The van der Waals surface area contributed by atoms with Gasteiger partial charge in [0, 0.05) is 10.6 Å². The molecule has 0 aliphatic carbocycles. The molecule has 0 bridgehead atoms. The number of carbonyl (C=O) groups is 2. The van der Waals surface area contributed by atoms with E-state index in [4.69, 9.17) is 16.3 Å². The molecule has 1 N–H and O–H groups in total. The fourth-order valence-corrected chi connectivity index (χ4v) is 2.91. The third-order valence-corrected chi connectivity index (χ3v) is 4.07. The van der Waals surface area contributed by atoms with Gasteiger partial charge in [0.15, 0.2) is 0 Å². The van der Waals surface area contributed by atoms with Crippen molar-refractivity contribution < 1.29 is 14.3 Å². The number of hydrogen-bond donors (Lipinski definition) is 1. The topological polar surface area (TPSA) is 55.4 Å². The van der Waals surface area contributed by atoms with E-state index in [0.29, 0.717) is 27.1 Å². The predicted octanol–water partition coefficient (Wildman–Crippen LogP) is 4.14. The number of hydrogen-bond acceptors (Lipinski definition) is 4. The van der Waals surface area contributed by atoms with Crippen LogP contribution in [-0.4, -0.2) is 18.5 Å². The summed E-state index contributed by atoms with van der Waals surface area (Å²) in [6.07, 6.45) is 0. The number of esters is 1. The van der Waals surface area contributed by atoms with Gasteiger partial charge in [-0.2, -0.15) is 0 Å². The van der Waals surface area contributed by atoms with Gasteiger partial charge in [-0.05, 0) is 43.7 Å². The van der Waals surface area contributed by atoms with Gasteiger partial charge in [0.25, 0.3) is 5.91 Å². The Labute approximate surface area is 131 Å². The largest absolute Gasteiger partial charge is 0.462 e. The molecule has 1 aromatic carbocycles. The molecule has 0 aliphatic rings. The standard InChI is InChI=1S/C15H14ClNO3S/c1-3-20-15(19)13-9(2)7-12(21-13)17-14(18)10-5-4-6-11(16)8-10/h4-8H,3H2,1-2H3,(H,17,18). The van der Waals surface area contributed by atoms with Gasteiger partial charge in [0.1, 0.15) is 4.88 Å². The highest BCUT2D eigenvalue weighted by molar-refractivity contribution is 7.18. The van der Waals surface area contributed by atoms with Gasteiger partial charge >= 0.3 is 5.97 Å². The lowest BCUT2D eigenvalue weighted by molar-refractivity contribution is 0.0531. The number of halogens is 1. The van der Waals surface area contributed by atoms with Crippen molar-refractivity contribution >= 4 is 39.8 Å². The molecule has 0 unspecified atom stereocenters. The molecule has 4 nitrogen and oxygen atoms in total. The fourth-order valence-electron chi connectivity index (χ4n) is 1.76. The molecule has 0 saturated carbocycles. The minimum absolute atomic E-state index is 0.269. The smallest absolute Gasteiger partial charge is 0.348 e. The number of rotatable bonds is 4. The number of nitrogens with one attached hydrogen (secondary N) is 1. The zero-order chi connectivity index (χ0) is 15.4. The second kappa shape index (κ2) is 6.74. The molecule has 0 atom stereocenters. The van der Waals surface area contributed by atoms with Crippen molar-refractivity contribution in [1.29, 1.82) is 0 Å². The normalized spacial score (nSPS) is 10.2. The summed E-state index contributed by atoms with van der Waals surface area (Å²) in [6.45, 7) is 3.88. The number of thiophene rings is 1. The number of benzene rings is 1. The number of amides is 1. The molecule has 2 aromatic rings. The highest BCUT2D eigenvalue weighted by Gasteiger charge is 2.16. The van der Waals surface area contributed by atoms with Gasteiger partial charge in [0.2, 0.25) is 0 Å². The first-order valence-electron chi connectivity index (χ1n) is 6.35. The third kappa shape index (κ3) is 3.83. The van der Waals surface area contributed by atoms with E-state index in [1.807, 2.05) is 0 Å². The van der Waals surface area contributed by atoms with Crippen LogP contribution < -0.4 is 5.32 Å². The van der Waals surface area contributed by atoms with Crippen LogP contribution in [0.5, 0.6) is 0 Å². The van der Waals surface area contributed by atoms with Crippen LogP contribution in [0.4, 0.5) is 5.00 Å². The van der Waals surface area contributed by atoms with E-state index < -0.39 is 0 Å². The van der Waals surface area contributed by atoms with Crippen molar-refractivity contribution in [2.45, 2.75) is 13.8 Å². The minimum Gasteiger partial charge on any atom is -0.462 e. The summed E-state index contributed by atoms with van der Waals surface area (Å²) >= 11 is 7.05. The Balaban J connectivity index is 2.15. The molecular formula is C15H14ClNO3S. The van der Waals surface area contributed by atoms with Crippen LogP contribution in [-0.2, 0) is 4.74 Å². The number of anilines is 1. The lowest BCUT2D eigenvalue weighted by atomic mass is 10.2. The van der Waals surface area contributed by atoms with E-state index in [2.05, 4.69) is 5.32 Å². The SMILES string of the molecule is CCOC(=O)c1sc(NC(=O)c2cccc(Cl)c2)cc1C. The molecule has 110 valence electrons. The Bertz CT molecular complexity index is 681. The lowest BCUT2D eigenvalue weighted by Gasteiger charge is -2.02. The molecule has 0 radical (unpaired) electrons. The second-order valence-corrected chi connectivity index (χ2v) is 5.80. The Morgan fingerprint density at radius 1 is 1.33 bits per heavy atom. The minimum atomic E-state index is -0.372. The van der Waals surface area contributed by atoms with Gasteiger partial charge in [-0.25, -0.2) is 4.79 Å². The van der Waals surface area contributed by atoms with Crippen molar-refractivity contribution in [3.8, 4) is 0 Å². The van der Waals surface area contributed by atoms with Crippen LogP contribution in [0.3, 0.4) is 0 Å². The Morgan fingerprint density at radius 2 is 2.10 bits per heavy atom. The Morgan fingerprint density at radius 3 is 2.76 bits per heavy atom. The third-order valence-electron chi connectivity index (χ3n) is 2.70. The van der Waals surface area contributed by atoms with Crippen molar-refractivity contribution in [1.82, 2.24) is 0 Å². The Kier molecular flexibility index (Phi) is 4.98. The van der Waals surface area contributed by atoms with Crippen LogP contribution in [0.25, 0.3) is 0 Å². The molecule has 1 aromatic heterocycles. The molecule has 0 aliphatic heterocycles. The van der Waals surface area contributed by atoms with Crippen molar-refractivity contribution in [3.63, 3.8) is 0 Å². The highest BCUT2D eigenvalue weighted by Crippen LogP contribution is 2.28. The summed E-state index contributed by atoms with van der Waals surface area (Å²) in [7, 11) is 0. The van der Waals surface area contributed by atoms with E-state index in [9.17, 15) is 9.59 Å². The number of ether oxygens (including phenoxy) is 1. The molecular weight excluding hydrogens is 310 g/mol. The first-order chi connectivity index (χ1) is 10.0. The Hall–Kier alpha value is -1.85. The lowest BCUT2D eigenvalue weighted by Crippen LogP contribution is -2.10.